The van der Waals surface area contributed by atoms with Crippen LogP contribution in [0.3, 0.4) is 0 Å². The van der Waals surface area contributed by atoms with Crippen molar-refractivity contribution in [2.75, 3.05) is 0 Å². The molecule has 0 N–H and O–H groups in total. The molecule has 0 fully saturated rings. The molecule has 4 heteroatoms. The molecule has 1 aromatic carbocycles. The number of hydrogen-bond donors (Lipinski definition) is 0. The van der Waals surface area contributed by atoms with Gasteiger partial charge < -0.3 is 9.90 Å². The SMILES string of the molecule is CC(Cl)(C(=O)[O-])c1ccccc1.[Na+]. The molecule has 0 aliphatic heterocycles. The normalized spacial score (nSPS) is 14.0. The van der Waals surface area contributed by atoms with Crippen molar-refractivity contribution < 1.29 is 39.5 Å². The molecular formula is C9H8ClNaO2. The number of carboxylic acids is 1. The van der Waals surface area contributed by atoms with E-state index in [0.29, 0.717) is 5.56 Å². The molecule has 2 nitrogen and oxygen atoms in total. The number of hydrogen-bond acceptors (Lipinski definition) is 2. The van der Waals surface area contributed by atoms with E-state index in [9.17, 15) is 9.90 Å². The van der Waals surface area contributed by atoms with Crippen LogP contribution in [-0.2, 0) is 9.67 Å². The smallest absolute Gasteiger partial charge is 0.548 e. The quantitative estimate of drug-likeness (QED) is 0.411. The number of aliphatic carboxylic acids is 1. The van der Waals surface area contributed by atoms with Crippen LogP contribution in [0.15, 0.2) is 30.3 Å². The van der Waals surface area contributed by atoms with Gasteiger partial charge in [-0.1, -0.05) is 30.3 Å². The third-order valence-corrected chi connectivity index (χ3v) is 2.07. The second-order valence-corrected chi connectivity index (χ2v) is 3.41. The predicted octanol–water partition coefficient (Wildman–Crippen LogP) is -2.11. The van der Waals surface area contributed by atoms with Gasteiger partial charge in [-0.05, 0) is 12.5 Å². The molecule has 0 aromatic heterocycles. The Kier molecular flexibility index (Phi) is 5.00. The van der Waals surface area contributed by atoms with Crippen LogP contribution in [0.1, 0.15) is 12.5 Å². The molecule has 0 amide bonds. The zero-order valence-corrected chi connectivity index (χ0v) is 10.3. The molecule has 0 aliphatic carbocycles. The van der Waals surface area contributed by atoms with Crippen molar-refractivity contribution >= 4 is 17.6 Å². The predicted molar refractivity (Wildman–Crippen MR) is 44.7 cm³/mol. The fourth-order valence-electron chi connectivity index (χ4n) is 0.869. The first kappa shape index (κ1) is 13.0. The fourth-order valence-corrected chi connectivity index (χ4v) is 0.995. The second-order valence-electron chi connectivity index (χ2n) is 2.66. The number of carbonyl (C=O) groups is 1. The first-order valence-corrected chi connectivity index (χ1v) is 3.89. The van der Waals surface area contributed by atoms with E-state index in [-0.39, 0.29) is 29.6 Å². The van der Waals surface area contributed by atoms with Gasteiger partial charge in [0.05, 0.1) is 5.97 Å². The van der Waals surface area contributed by atoms with Crippen molar-refractivity contribution in [3.8, 4) is 0 Å². The van der Waals surface area contributed by atoms with E-state index in [4.69, 9.17) is 11.6 Å². The molecule has 0 saturated carbocycles. The topological polar surface area (TPSA) is 40.1 Å². The average molecular weight is 207 g/mol. The van der Waals surface area contributed by atoms with E-state index in [1.54, 1.807) is 30.3 Å². The van der Waals surface area contributed by atoms with E-state index in [2.05, 4.69) is 0 Å². The number of halogens is 1. The van der Waals surface area contributed by atoms with E-state index in [1.807, 2.05) is 0 Å². The average Bonchev–Trinajstić information content (AvgIpc) is 2.06. The Morgan fingerprint density at radius 2 is 1.85 bits per heavy atom. The maximum atomic E-state index is 10.6. The summed E-state index contributed by atoms with van der Waals surface area (Å²) in [7, 11) is 0. The number of rotatable bonds is 2. The first-order chi connectivity index (χ1) is 5.55. The summed E-state index contributed by atoms with van der Waals surface area (Å²) in [5, 5.41) is 10.6. The standard InChI is InChI=1S/C9H9ClO2.Na/c1-9(10,8(11)12)7-5-3-2-4-6-7;/h2-6H,1H3,(H,11,12);/q;+1/p-1. The van der Waals surface area contributed by atoms with E-state index >= 15 is 0 Å². The number of benzene rings is 1. The molecule has 1 atom stereocenters. The molecule has 0 radical (unpaired) electrons. The number of alkyl halides is 1. The Morgan fingerprint density at radius 3 is 2.23 bits per heavy atom. The van der Waals surface area contributed by atoms with Gasteiger partial charge in [-0.3, -0.25) is 0 Å². The molecule has 1 rings (SSSR count). The zero-order chi connectivity index (χ0) is 9.19. The third-order valence-electron chi connectivity index (χ3n) is 1.70. The van der Waals surface area contributed by atoms with Crippen molar-refractivity contribution in [3.63, 3.8) is 0 Å². The fraction of sp³-hybridized carbons (Fsp3) is 0.222. The summed E-state index contributed by atoms with van der Waals surface area (Å²) < 4.78 is 0. The summed E-state index contributed by atoms with van der Waals surface area (Å²) in [5.74, 6) is -1.28. The third kappa shape index (κ3) is 2.99. The molecule has 1 unspecified atom stereocenters. The van der Waals surface area contributed by atoms with E-state index in [1.165, 1.54) is 6.92 Å². The minimum absolute atomic E-state index is 0. The van der Waals surface area contributed by atoms with Crippen LogP contribution < -0.4 is 34.7 Å². The number of carbonyl (C=O) groups excluding carboxylic acids is 1. The Balaban J connectivity index is 0.00000144. The minimum Gasteiger partial charge on any atom is -0.548 e. The van der Waals surface area contributed by atoms with Gasteiger partial charge in [0, 0.05) is 0 Å². The van der Waals surface area contributed by atoms with Crippen molar-refractivity contribution in [2.45, 2.75) is 11.8 Å². The molecule has 0 aliphatic rings. The van der Waals surface area contributed by atoms with Crippen LogP contribution >= 0.6 is 11.6 Å². The van der Waals surface area contributed by atoms with Crippen molar-refractivity contribution in [3.05, 3.63) is 35.9 Å². The van der Waals surface area contributed by atoms with Crippen LogP contribution in [-0.4, -0.2) is 5.97 Å². The molecule has 0 spiro atoms. The van der Waals surface area contributed by atoms with Gasteiger partial charge in [0.25, 0.3) is 0 Å². The Morgan fingerprint density at radius 1 is 1.38 bits per heavy atom. The van der Waals surface area contributed by atoms with Gasteiger partial charge >= 0.3 is 29.6 Å². The van der Waals surface area contributed by atoms with Crippen LogP contribution in [0, 0.1) is 0 Å². The summed E-state index contributed by atoms with van der Waals surface area (Å²) in [4.78, 5) is 9.15. The van der Waals surface area contributed by atoms with Gasteiger partial charge in [-0.15, -0.1) is 11.6 Å². The minimum atomic E-state index is -1.43. The van der Waals surface area contributed by atoms with Crippen molar-refractivity contribution in [1.82, 2.24) is 0 Å². The van der Waals surface area contributed by atoms with Crippen LogP contribution in [0.25, 0.3) is 0 Å². The maximum absolute atomic E-state index is 10.6. The molecule has 0 saturated heterocycles. The van der Waals surface area contributed by atoms with Crippen molar-refractivity contribution in [2.24, 2.45) is 0 Å². The van der Waals surface area contributed by atoms with Crippen LogP contribution in [0.2, 0.25) is 0 Å². The number of carboxylic acid groups (broad SMARTS) is 1. The molecule has 64 valence electrons. The van der Waals surface area contributed by atoms with Gasteiger partial charge in [0.1, 0.15) is 4.87 Å². The van der Waals surface area contributed by atoms with Crippen LogP contribution in [0.4, 0.5) is 0 Å². The molecular weight excluding hydrogens is 199 g/mol. The van der Waals surface area contributed by atoms with Gasteiger partial charge in [0.2, 0.25) is 0 Å². The van der Waals surface area contributed by atoms with Gasteiger partial charge in [-0.25, -0.2) is 0 Å². The summed E-state index contributed by atoms with van der Waals surface area (Å²) >= 11 is 5.73. The Labute approximate surface area is 104 Å². The molecule has 0 heterocycles. The second kappa shape index (κ2) is 5.01. The maximum Gasteiger partial charge on any atom is 1.00 e. The molecule has 0 bridgehead atoms. The molecule has 13 heavy (non-hydrogen) atoms. The summed E-state index contributed by atoms with van der Waals surface area (Å²) in [5.41, 5.74) is 0.534. The first-order valence-electron chi connectivity index (χ1n) is 3.51. The summed E-state index contributed by atoms with van der Waals surface area (Å²) in [6.07, 6.45) is 0. The van der Waals surface area contributed by atoms with Crippen LogP contribution in [0.5, 0.6) is 0 Å². The van der Waals surface area contributed by atoms with E-state index < -0.39 is 10.8 Å². The Bertz CT molecular complexity index is 285. The zero-order valence-electron chi connectivity index (χ0n) is 7.58. The van der Waals surface area contributed by atoms with Gasteiger partial charge in [0.15, 0.2) is 0 Å². The van der Waals surface area contributed by atoms with Crippen molar-refractivity contribution in [1.29, 1.82) is 0 Å². The summed E-state index contributed by atoms with van der Waals surface area (Å²) in [6.45, 7) is 1.40. The Hall–Kier alpha value is -0.0200. The largest absolute Gasteiger partial charge is 1.00 e. The van der Waals surface area contributed by atoms with E-state index in [0.717, 1.165) is 0 Å². The summed E-state index contributed by atoms with van der Waals surface area (Å²) in [6, 6.07) is 8.58. The monoisotopic (exact) mass is 206 g/mol. The molecule has 1 aromatic rings. The van der Waals surface area contributed by atoms with Gasteiger partial charge in [-0.2, -0.15) is 0 Å².